The van der Waals surface area contributed by atoms with Gasteiger partial charge in [0, 0.05) is 17.7 Å². The zero-order chi connectivity index (χ0) is 22.6. The van der Waals surface area contributed by atoms with Gasteiger partial charge in [-0.25, -0.2) is 4.98 Å². The molecule has 1 amide bonds. The molecule has 0 aliphatic carbocycles. The van der Waals surface area contributed by atoms with Crippen molar-refractivity contribution in [3.8, 4) is 28.3 Å². The molecule has 0 spiro atoms. The SMILES string of the molecule is COc1ccccc1-c1cc(C(=O)NCc2ccccc2)c2c(-c3ccccc3)[nH]nc2n1. The molecule has 2 N–H and O–H groups in total. The van der Waals surface area contributed by atoms with Crippen LogP contribution in [0.15, 0.2) is 91.0 Å². The van der Waals surface area contributed by atoms with Gasteiger partial charge in [0.25, 0.3) is 5.91 Å². The average molecular weight is 434 g/mol. The molecule has 162 valence electrons. The quantitative estimate of drug-likeness (QED) is 0.383. The Balaban J connectivity index is 1.64. The van der Waals surface area contributed by atoms with E-state index in [4.69, 9.17) is 9.72 Å². The van der Waals surface area contributed by atoms with Crippen LogP contribution in [-0.4, -0.2) is 28.2 Å². The first-order chi connectivity index (χ1) is 16.2. The van der Waals surface area contributed by atoms with E-state index < -0.39 is 0 Å². The molecule has 3 aromatic carbocycles. The van der Waals surface area contributed by atoms with E-state index in [1.54, 1.807) is 7.11 Å². The number of para-hydroxylation sites is 1. The monoisotopic (exact) mass is 434 g/mol. The number of nitrogens with zero attached hydrogens (tertiary/aromatic N) is 2. The van der Waals surface area contributed by atoms with Crippen molar-refractivity contribution < 1.29 is 9.53 Å². The van der Waals surface area contributed by atoms with Gasteiger partial charge >= 0.3 is 0 Å². The highest BCUT2D eigenvalue weighted by Gasteiger charge is 2.21. The first-order valence-electron chi connectivity index (χ1n) is 10.6. The fourth-order valence-corrected chi connectivity index (χ4v) is 3.88. The fraction of sp³-hybridized carbons (Fsp3) is 0.0741. The molecule has 0 atom stereocenters. The standard InChI is InChI=1S/C27H22N4O2/c1-33-23-15-9-8-14-20(23)22-16-21(27(32)28-17-18-10-4-2-5-11-18)24-25(30-31-26(24)29-22)19-12-6-3-7-13-19/h2-16H,17H2,1H3,(H,28,32)(H,29,30,31). The number of rotatable bonds is 6. The largest absolute Gasteiger partial charge is 0.496 e. The summed E-state index contributed by atoms with van der Waals surface area (Å²) < 4.78 is 5.52. The first-order valence-corrected chi connectivity index (χ1v) is 10.6. The second kappa shape index (κ2) is 8.96. The van der Waals surface area contributed by atoms with E-state index in [9.17, 15) is 4.79 Å². The molecule has 0 bridgehead atoms. The van der Waals surface area contributed by atoms with Crippen LogP contribution in [-0.2, 0) is 6.54 Å². The molecule has 33 heavy (non-hydrogen) atoms. The summed E-state index contributed by atoms with van der Waals surface area (Å²) in [5, 5.41) is 11.3. The van der Waals surface area contributed by atoms with E-state index in [1.165, 1.54) is 0 Å². The Morgan fingerprint density at radius 2 is 1.64 bits per heavy atom. The van der Waals surface area contributed by atoms with Crippen LogP contribution >= 0.6 is 0 Å². The molecule has 0 aliphatic heterocycles. The van der Waals surface area contributed by atoms with Crippen molar-refractivity contribution in [2.75, 3.05) is 7.11 Å². The number of hydrogen-bond acceptors (Lipinski definition) is 4. The van der Waals surface area contributed by atoms with Crippen molar-refractivity contribution in [2.45, 2.75) is 6.54 Å². The van der Waals surface area contributed by atoms with Gasteiger partial charge in [0.15, 0.2) is 5.65 Å². The van der Waals surface area contributed by atoms with Crippen molar-refractivity contribution in [3.63, 3.8) is 0 Å². The van der Waals surface area contributed by atoms with Gasteiger partial charge < -0.3 is 10.1 Å². The topological polar surface area (TPSA) is 79.9 Å². The second-order valence-electron chi connectivity index (χ2n) is 7.59. The number of aromatic amines is 1. The summed E-state index contributed by atoms with van der Waals surface area (Å²) >= 11 is 0. The third-order valence-corrected chi connectivity index (χ3v) is 5.51. The smallest absolute Gasteiger partial charge is 0.252 e. The lowest BCUT2D eigenvalue weighted by Gasteiger charge is -2.11. The number of ether oxygens (including phenoxy) is 1. The van der Waals surface area contributed by atoms with Gasteiger partial charge in [0.1, 0.15) is 5.75 Å². The van der Waals surface area contributed by atoms with Crippen LogP contribution in [0.1, 0.15) is 15.9 Å². The lowest BCUT2D eigenvalue weighted by atomic mass is 10.0. The molecule has 5 rings (SSSR count). The van der Waals surface area contributed by atoms with Crippen molar-refractivity contribution in [3.05, 3.63) is 102 Å². The van der Waals surface area contributed by atoms with E-state index >= 15 is 0 Å². The van der Waals surface area contributed by atoms with E-state index in [1.807, 2.05) is 91.0 Å². The van der Waals surface area contributed by atoms with Gasteiger partial charge in [-0.3, -0.25) is 9.89 Å². The molecule has 0 fully saturated rings. The Labute approximate surface area is 191 Å². The summed E-state index contributed by atoms with van der Waals surface area (Å²) in [7, 11) is 1.62. The van der Waals surface area contributed by atoms with Crippen LogP contribution in [0.2, 0.25) is 0 Å². The van der Waals surface area contributed by atoms with Crippen LogP contribution in [0.5, 0.6) is 5.75 Å². The summed E-state index contributed by atoms with van der Waals surface area (Å²) in [6.07, 6.45) is 0. The third kappa shape index (κ3) is 4.06. The molecule has 5 aromatic rings. The number of methoxy groups -OCH3 is 1. The van der Waals surface area contributed by atoms with Crippen LogP contribution < -0.4 is 10.1 Å². The summed E-state index contributed by atoms with van der Waals surface area (Å²) in [5.41, 5.74) is 5.11. The summed E-state index contributed by atoms with van der Waals surface area (Å²) in [4.78, 5) is 18.2. The molecule has 6 heteroatoms. The summed E-state index contributed by atoms with van der Waals surface area (Å²) in [6, 6.07) is 29.1. The van der Waals surface area contributed by atoms with Crippen LogP contribution in [0.25, 0.3) is 33.5 Å². The lowest BCUT2D eigenvalue weighted by molar-refractivity contribution is 0.0952. The number of hydrogen-bond donors (Lipinski definition) is 2. The maximum absolute atomic E-state index is 13.4. The maximum Gasteiger partial charge on any atom is 0.252 e. The van der Waals surface area contributed by atoms with Crippen molar-refractivity contribution in [1.82, 2.24) is 20.5 Å². The van der Waals surface area contributed by atoms with E-state index in [0.717, 1.165) is 22.4 Å². The minimum absolute atomic E-state index is 0.194. The van der Waals surface area contributed by atoms with Crippen molar-refractivity contribution in [1.29, 1.82) is 0 Å². The summed E-state index contributed by atoms with van der Waals surface area (Å²) in [5.74, 6) is 0.486. The van der Waals surface area contributed by atoms with Gasteiger partial charge in [0.05, 0.1) is 29.4 Å². The average Bonchev–Trinajstić information content (AvgIpc) is 3.32. The van der Waals surface area contributed by atoms with Crippen LogP contribution in [0.4, 0.5) is 0 Å². The Morgan fingerprint density at radius 3 is 2.39 bits per heavy atom. The summed E-state index contributed by atoms with van der Waals surface area (Å²) in [6.45, 7) is 0.423. The Bertz CT molecular complexity index is 1410. The van der Waals surface area contributed by atoms with Gasteiger partial charge in [-0.15, -0.1) is 0 Å². The molecule has 0 saturated heterocycles. The van der Waals surface area contributed by atoms with Gasteiger partial charge in [-0.05, 0) is 23.8 Å². The van der Waals surface area contributed by atoms with Crippen LogP contribution in [0, 0.1) is 0 Å². The van der Waals surface area contributed by atoms with Crippen molar-refractivity contribution >= 4 is 16.9 Å². The minimum Gasteiger partial charge on any atom is -0.496 e. The molecular formula is C27H22N4O2. The number of pyridine rings is 1. The molecule has 6 nitrogen and oxygen atoms in total. The number of fused-ring (bicyclic) bond motifs is 1. The van der Waals surface area contributed by atoms with Crippen molar-refractivity contribution in [2.24, 2.45) is 0 Å². The molecule has 0 radical (unpaired) electrons. The first kappa shape index (κ1) is 20.5. The van der Waals surface area contributed by atoms with Gasteiger partial charge in [0.2, 0.25) is 0 Å². The zero-order valence-electron chi connectivity index (χ0n) is 18.1. The maximum atomic E-state index is 13.4. The van der Waals surface area contributed by atoms with E-state index in [2.05, 4.69) is 15.5 Å². The Morgan fingerprint density at radius 1 is 0.939 bits per heavy atom. The second-order valence-corrected chi connectivity index (χ2v) is 7.59. The van der Waals surface area contributed by atoms with Gasteiger partial charge in [-0.2, -0.15) is 5.10 Å². The Hall–Kier alpha value is -4.45. The predicted octanol–water partition coefficient (Wildman–Crippen LogP) is 5.23. The molecule has 0 saturated carbocycles. The van der Waals surface area contributed by atoms with Crippen LogP contribution in [0.3, 0.4) is 0 Å². The highest BCUT2D eigenvalue weighted by molar-refractivity contribution is 6.11. The number of amides is 1. The number of benzene rings is 3. The Kier molecular flexibility index (Phi) is 5.55. The minimum atomic E-state index is -0.194. The normalized spacial score (nSPS) is 10.8. The van der Waals surface area contributed by atoms with E-state index in [-0.39, 0.29) is 5.91 Å². The molecule has 2 aromatic heterocycles. The number of nitrogens with one attached hydrogen (secondary N) is 2. The molecule has 2 heterocycles. The highest BCUT2D eigenvalue weighted by atomic mass is 16.5. The van der Waals surface area contributed by atoms with E-state index in [0.29, 0.717) is 34.6 Å². The fourth-order valence-electron chi connectivity index (χ4n) is 3.88. The lowest BCUT2D eigenvalue weighted by Crippen LogP contribution is -2.23. The molecule has 0 unspecified atom stereocenters. The number of aromatic nitrogens is 3. The molecule has 0 aliphatic rings. The number of H-pyrrole nitrogens is 1. The predicted molar refractivity (Wildman–Crippen MR) is 129 cm³/mol. The number of carbonyl (C=O) groups excluding carboxylic acids is 1. The molecular weight excluding hydrogens is 412 g/mol. The highest BCUT2D eigenvalue weighted by Crippen LogP contribution is 2.34. The number of carbonyl (C=O) groups is 1. The third-order valence-electron chi connectivity index (χ3n) is 5.51. The zero-order valence-corrected chi connectivity index (χ0v) is 18.1. The van der Waals surface area contributed by atoms with Gasteiger partial charge in [-0.1, -0.05) is 72.8 Å².